The van der Waals surface area contributed by atoms with Gasteiger partial charge in [-0.3, -0.25) is 0 Å². The van der Waals surface area contributed by atoms with Crippen molar-refractivity contribution in [1.29, 1.82) is 0 Å². The fraction of sp³-hybridized carbons (Fsp3) is 0.700. The molecular formula is C10H14ClF3N2O2S2. The lowest BCUT2D eigenvalue weighted by Crippen LogP contribution is -2.45. The summed E-state index contributed by atoms with van der Waals surface area (Å²) in [5, 5.41) is 0. The zero-order chi connectivity index (χ0) is 15.6. The highest BCUT2D eigenvalue weighted by molar-refractivity contribution is 7.91. The van der Waals surface area contributed by atoms with Crippen molar-refractivity contribution in [2.75, 3.05) is 6.54 Å². The predicted octanol–water partition coefficient (Wildman–Crippen LogP) is 3.54. The van der Waals surface area contributed by atoms with Gasteiger partial charge in [0.05, 0.1) is 6.20 Å². The van der Waals surface area contributed by atoms with Crippen LogP contribution < -0.4 is 0 Å². The number of sulfonamides is 1. The Hall–Kier alpha value is -0.380. The van der Waals surface area contributed by atoms with Crippen LogP contribution in [0.2, 0.25) is 4.47 Å². The molecule has 1 aromatic heterocycles. The van der Waals surface area contributed by atoms with E-state index >= 15 is 0 Å². The average Bonchev–Trinajstić information content (AvgIpc) is 2.75. The summed E-state index contributed by atoms with van der Waals surface area (Å²) in [6.07, 6.45) is -3.05. The molecule has 0 aliphatic heterocycles. The molecule has 4 nitrogen and oxygen atoms in total. The summed E-state index contributed by atoms with van der Waals surface area (Å²) in [6.45, 7) is 1.77. The largest absolute Gasteiger partial charge is 0.402 e. The van der Waals surface area contributed by atoms with Crippen LogP contribution >= 0.6 is 22.9 Å². The van der Waals surface area contributed by atoms with Crippen molar-refractivity contribution in [1.82, 2.24) is 9.29 Å². The topological polar surface area (TPSA) is 50.3 Å². The molecule has 10 heteroatoms. The van der Waals surface area contributed by atoms with Gasteiger partial charge in [-0.2, -0.15) is 17.5 Å². The molecule has 0 spiro atoms. The van der Waals surface area contributed by atoms with Gasteiger partial charge in [0.2, 0.25) is 0 Å². The van der Waals surface area contributed by atoms with E-state index in [1.54, 1.807) is 13.8 Å². The molecule has 0 unspecified atom stereocenters. The van der Waals surface area contributed by atoms with Crippen LogP contribution in [0.5, 0.6) is 0 Å². The number of halogens is 4. The Morgan fingerprint density at radius 1 is 1.40 bits per heavy atom. The summed E-state index contributed by atoms with van der Waals surface area (Å²) >= 11 is 6.20. The number of hydrogen-bond donors (Lipinski definition) is 0. The molecule has 0 fully saturated rings. The van der Waals surface area contributed by atoms with Crippen molar-refractivity contribution in [2.24, 2.45) is 0 Å². The maximum Gasteiger partial charge on any atom is 0.402 e. The van der Waals surface area contributed by atoms with Crippen molar-refractivity contribution in [2.45, 2.75) is 43.1 Å². The highest BCUT2D eigenvalue weighted by Crippen LogP contribution is 2.30. The van der Waals surface area contributed by atoms with Crippen molar-refractivity contribution in [3.8, 4) is 0 Å². The molecule has 0 radical (unpaired) electrons. The van der Waals surface area contributed by atoms with Gasteiger partial charge in [-0.15, -0.1) is 0 Å². The van der Waals surface area contributed by atoms with Crippen LogP contribution in [0.3, 0.4) is 0 Å². The first-order valence-corrected chi connectivity index (χ1v) is 8.45. The lowest BCUT2D eigenvalue weighted by Gasteiger charge is -2.29. The molecule has 0 N–H and O–H groups in total. The van der Waals surface area contributed by atoms with Gasteiger partial charge in [0, 0.05) is 6.04 Å². The number of alkyl halides is 3. The Morgan fingerprint density at radius 2 is 1.95 bits per heavy atom. The third-order valence-electron chi connectivity index (χ3n) is 2.70. The lowest BCUT2D eigenvalue weighted by molar-refractivity contribution is -0.139. The van der Waals surface area contributed by atoms with Gasteiger partial charge < -0.3 is 0 Å². The van der Waals surface area contributed by atoms with Crippen molar-refractivity contribution >= 4 is 33.0 Å². The summed E-state index contributed by atoms with van der Waals surface area (Å²) in [6, 6.07) is -0.720. The molecule has 1 heterocycles. The van der Waals surface area contributed by atoms with E-state index in [-0.39, 0.29) is 8.68 Å². The maximum absolute atomic E-state index is 12.6. The molecule has 1 rings (SSSR count). The molecule has 1 aromatic rings. The second-order valence-electron chi connectivity index (χ2n) is 4.07. The molecular weight excluding hydrogens is 337 g/mol. The Bertz CT molecular complexity index is 541. The van der Waals surface area contributed by atoms with Crippen LogP contribution in [0, 0.1) is 0 Å². The van der Waals surface area contributed by atoms with Crippen LogP contribution in [0.1, 0.15) is 26.7 Å². The molecule has 0 amide bonds. The Kier molecular flexibility index (Phi) is 5.82. The minimum Gasteiger partial charge on any atom is -0.232 e. The van der Waals surface area contributed by atoms with Crippen LogP contribution in [0.4, 0.5) is 13.2 Å². The first-order valence-electron chi connectivity index (χ1n) is 5.81. The Morgan fingerprint density at radius 3 is 2.30 bits per heavy atom. The van der Waals surface area contributed by atoms with E-state index in [2.05, 4.69) is 4.98 Å². The highest BCUT2D eigenvalue weighted by atomic mass is 35.5. The van der Waals surface area contributed by atoms with Gasteiger partial charge in [-0.1, -0.05) is 36.8 Å². The number of nitrogens with zero attached hydrogens (tertiary/aromatic N) is 2. The normalized spacial score (nSPS) is 13.4. The first-order chi connectivity index (χ1) is 9.11. The summed E-state index contributed by atoms with van der Waals surface area (Å²) in [4.78, 5) is 3.57. The minimum absolute atomic E-state index is 0.0277. The van der Waals surface area contributed by atoms with E-state index in [1.165, 1.54) is 0 Å². The quantitative estimate of drug-likeness (QED) is 0.788. The third kappa shape index (κ3) is 4.31. The van der Waals surface area contributed by atoms with Crippen molar-refractivity contribution in [3.05, 3.63) is 10.7 Å². The summed E-state index contributed by atoms with van der Waals surface area (Å²) in [5.41, 5.74) is 0. The Labute approximate surface area is 124 Å². The van der Waals surface area contributed by atoms with Crippen LogP contribution in [-0.2, 0) is 10.0 Å². The van der Waals surface area contributed by atoms with E-state index in [9.17, 15) is 21.6 Å². The molecule has 0 saturated heterocycles. The SMILES string of the molecule is CCC(CC)N(CC(F)(F)F)S(=O)(=O)c1cnc(Cl)s1. The van der Waals surface area contributed by atoms with Gasteiger partial charge in [0.25, 0.3) is 10.0 Å². The molecule has 0 aromatic carbocycles. The smallest absolute Gasteiger partial charge is 0.232 e. The maximum atomic E-state index is 12.6. The van der Waals surface area contributed by atoms with Crippen molar-refractivity contribution in [3.63, 3.8) is 0 Å². The summed E-state index contributed by atoms with van der Waals surface area (Å²) in [7, 11) is -4.25. The Balaban J connectivity index is 3.21. The zero-order valence-corrected chi connectivity index (χ0v) is 13.2. The van der Waals surface area contributed by atoms with Crippen LogP contribution in [-0.4, -0.2) is 36.5 Å². The van der Waals surface area contributed by atoms with E-state index in [1.807, 2.05) is 0 Å². The lowest BCUT2D eigenvalue weighted by atomic mass is 10.2. The molecule has 0 aliphatic carbocycles. The van der Waals surface area contributed by atoms with Gasteiger partial charge in [0.1, 0.15) is 6.54 Å². The fourth-order valence-corrected chi connectivity index (χ4v) is 4.94. The second-order valence-corrected chi connectivity index (χ2v) is 7.80. The monoisotopic (exact) mass is 350 g/mol. The third-order valence-corrected chi connectivity index (χ3v) is 6.15. The van der Waals surface area contributed by atoms with Crippen molar-refractivity contribution < 1.29 is 21.6 Å². The number of hydrogen-bond acceptors (Lipinski definition) is 4. The molecule has 0 aliphatic rings. The van der Waals surface area contributed by atoms with Gasteiger partial charge in [-0.05, 0) is 12.8 Å². The van der Waals surface area contributed by atoms with Gasteiger partial charge in [0.15, 0.2) is 8.68 Å². The molecule has 20 heavy (non-hydrogen) atoms. The number of rotatable bonds is 6. The summed E-state index contributed by atoms with van der Waals surface area (Å²) < 4.78 is 62.8. The van der Waals surface area contributed by atoms with Gasteiger partial charge in [-0.25, -0.2) is 13.4 Å². The molecule has 116 valence electrons. The first kappa shape index (κ1) is 17.7. The number of thiazole rings is 1. The highest BCUT2D eigenvalue weighted by Gasteiger charge is 2.40. The minimum atomic E-state index is -4.61. The second kappa shape index (κ2) is 6.59. The summed E-state index contributed by atoms with van der Waals surface area (Å²) in [5.74, 6) is 0. The van der Waals surface area contributed by atoms with Crippen LogP contribution in [0.15, 0.2) is 10.4 Å². The van der Waals surface area contributed by atoms with E-state index in [0.717, 1.165) is 6.20 Å². The standard InChI is InChI=1S/C10H14ClF3N2O2S2/c1-3-7(4-2)16(6-10(12,13)14)20(17,18)8-5-15-9(11)19-8/h5,7H,3-4,6H2,1-2H3. The molecule has 0 bridgehead atoms. The number of aromatic nitrogens is 1. The van der Waals surface area contributed by atoms with E-state index < -0.39 is 28.8 Å². The van der Waals surface area contributed by atoms with Crippen LogP contribution in [0.25, 0.3) is 0 Å². The molecule has 0 atom stereocenters. The van der Waals surface area contributed by atoms with Gasteiger partial charge >= 0.3 is 6.18 Å². The van der Waals surface area contributed by atoms with E-state index in [0.29, 0.717) is 28.5 Å². The zero-order valence-electron chi connectivity index (χ0n) is 10.8. The average molecular weight is 351 g/mol. The fourth-order valence-electron chi connectivity index (χ4n) is 1.76. The molecule has 0 saturated carbocycles. The van der Waals surface area contributed by atoms with E-state index in [4.69, 9.17) is 11.6 Å². The predicted molar refractivity (Wildman–Crippen MR) is 71.4 cm³/mol.